The van der Waals surface area contributed by atoms with E-state index in [4.69, 9.17) is 9.15 Å². The molecular formula is C20H16N2O2. The van der Waals surface area contributed by atoms with Crippen molar-refractivity contribution in [2.75, 3.05) is 0 Å². The number of ether oxygens (including phenoxy) is 1. The summed E-state index contributed by atoms with van der Waals surface area (Å²) in [6, 6.07) is 19.6. The number of aromatic nitrogens is 2. The van der Waals surface area contributed by atoms with E-state index in [0.717, 1.165) is 33.7 Å². The van der Waals surface area contributed by atoms with Gasteiger partial charge in [0.05, 0.1) is 5.69 Å². The van der Waals surface area contributed by atoms with Crippen LogP contribution in [0.4, 0.5) is 0 Å². The summed E-state index contributed by atoms with van der Waals surface area (Å²) >= 11 is 0. The fourth-order valence-electron chi connectivity index (χ4n) is 2.49. The summed E-state index contributed by atoms with van der Waals surface area (Å²) < 4.78 is 11.4. The molecule has 2 aromatic carbocycles. The van der Waals surface area contributed by atoms with Gasteiger partial charge in [-0.25, -0.2) is 4.98 Å². The van der Waals surface area contributed by atoms with Gasteiger partial charge in [-0.15, -0.1) is 0 Å². The third-order valence-electron chi connectivity index (χ3n) is 3.76. The Balaban J connectivity index is 1.46. The summed E-state index contributed by atoms with van der Waals surface area (Å²) in [5.74, 6) is 1.34. The quantitative estimate of drug-likeness (QED) is 0.544. The molecule has 0 aliphatic rings. The van der Waals surface area contributed by atoms with Crippen molar-refractivity contribution in [1.82, 2.24) is 9.97 Å². The highest BCUT2D eigenvalue weighted by Crippen LogP contribution is 2.22. The number of oxazole rings is 1. The molecule has 118 valence electrons. The number of nitrogens with zero attached hydrogens (tertiary/aromatic N) is 2. The van der Waals surface area contributed by atoms with E-state index in [1.165, 1.54) is 0 Å². The summed E-state index contributed by atoms with van der Waals surface area (Å²) in [6.07, 6.45) is 1.87. The third-order valence-corrected chi connectivity index (χ3v) is 3.76. The molecule has 2 aromatic heterocycles. The van der Waals surface area contributed by atoms with E-state index in [0.29, 0.717) is 12.5 Å². The summed E-state index contributed by atoms with van der Waals surface area (Å²) in [5.41, 5.74) is 4.78. The standard InChI is InChI=1S/C20H16N2O2/c1-14-6-11-17(21-12-14)15-7-9-16(10-8-15)23-13-20-22-18-4-2-3-5-19(18)24-20/h2-12H,13H2,1H3. The van der Waals surface area contributed by atoms with Crippen molar-refractivity contribution >= 4 is 11.1 Å². The van der Waals surface area contributed by atoms with Crippen LogP contribution in [0.1, 0.15) is 11.5 Å². The lowest BCUT2D eigenvalue weighted by atomic mass is 10.1. The molecule has 4 rings (SSSR count). The zero-order chi connectivity index (χ0) is 16.4. The Morgan fingerprint density at radius 3 is 2.54 bits per heavy atom. The van der Waals surface area contributed by atoms with Gasteiger partial charge < -0.3 is 9.15 Å². The van der Waals surface area contributed by atoms with Gasteiger partial charge in [0.1, 0.15) is 11.3 Å². The Morgan fingerprint density at radius 2 is 1.79 bits per heavy atom. The maximum atomic E-state index is 5.75. The van der Waals surface area contributed by atoms with Crippen molar-refractivity contribution in [2.24, 2.45) is 0 Å². The molecule has 4 nitrogen and oxygen atoms in total. The summed E-state index contributed by atoms with van der Waals surface area (Å²) in [4.78, 5) is 8.83. The molecule has 0 spiro atoms. The van der Waals surface area contributed by atoms with Crippen LogP contribution in [0.25, 0.3) is 22.4 Å². The zero-order valence-corrected chi connectivity index (χ0v) is 13.3. The van der Waals surface area contributed by atoms with Gasteiger partial charge in [0.15, 0.2) is 12.2 Å². The second kappa shape index (κ2) is 6.16. The highest BCUT2D eigenvalue weighted by Gasteiger charge is 2.06. The topological polar surface area (TPSA) is 48.2 Å². The highest BCUT2D eigenvalue weighted by atomic mass is 16.5. The monoisotopic (exact) mass is 316 g/mol. The predicted octanol–water partition coefficient (Wildman–Crippen LogP) is 4.78. The van der Waals surface area contributed by atoms with E-state index in [-0.39, 0.29) is 0 Å². The molecule has 4 aromatic rings. The van der Waals surface area contributed by atoms with Crippen LogP contribution in [0, 0.1) is 6.92 Å². The molecule has 0 N–H and O–H groups in total. The lowest BCUT2D eigenvalue weighted by Crippen LogP contribution is -1.95. The Hall–Kier alpha value is -3.14. The molecule has 0 amide bonds. The average Bonchev–Trinajstić information content (AvgIpc) is 3.04. The fraction of sp³-hybridized carbons (Fsp3) is 0.100. The van der Waals surface area contributed by atoms with E-state index in [1.807, 2.05) is 67.7 Å². The van der Waals surface area contributed by atoms with Gasteiger partial charge in [-0.3, -0.25) is 4.98 Å². The van der Waals surface area contributed by atoms with Crippen LogP contribution in [-0.2, 0) is 6.61 Å². The van der Waals surface area contributed by atoms with E-state index < -0.39 is 0 Å². The van der Waals surface area contributed by atoms with Crippen molar-refractivity contribution in [3.63, 3.8) is 0 Å². The van der Waals surface area contributed by atoms with Crippen LogP contribution >= 0.6 is 0 Å². The highest BCUT2D eigenvalue weighted by molar-refractivity contribution is 5.72. The molecule has 2 heterocycles. The molecule has 0 bridgehead atoms. The number of benzene rings is 2. The molecule has 24 heavy (non-hydrogen) atoms. The zero-order valence-electron chi connectivity index (χ0n) is 13.3. The third kappa shape index (κ3) is 2.99. The van der Waals surface area contributed by atoms with E-state index >= 15 is 0 Å². The van der Waals surface area contributed by atoms with Crippen LogP contribution in [0.3, 0.4) is 0 Å². The van der Waals surface area contributed by atoms with Gasteiger partial charge in [0, 0.05) is 11.8 Å². The van der Waals surface area contributed by atoms with Gasteiger partial charge >= 0.3 is 0 Å². The van der Waals surface area contributed by atoms with Crippen LogP contribution in [0.5, 0.6) is 5.75 Å². The van der Waals surface area contributed by atoms with Crippen LogP contribution in [-0.4, -0.2) is 9.97 Å². The minimum absolute atomic E-state index is 0.302. The predicted molar refractivity (Wildman–Crippen MR) is 92.8 cm³/mol. The Labute approximate surface area is 139 Å². The molecule has 0 atom stereocenters. The summed E-state index contributed by atoms with van der Waals surface area (Å²) in [6.45, 7) is 2.33. The molecule has 0 unspecified atom stereocenters. The molecule has 0 aliphatic carbocycles. The van der Waals surface area contributed by atoms with Crippen molar-refractivity contribution in [2.45, 2.75) is 13.5 Å². The molecule has 4 heteroatoms. The smallest absolute Gasteiger partial charge is 0.233 e. The SMILES string of the molecule is Cc1ccc(-c2ccc(OCc3nc4ccccc4o3)cc2)nc1. The van der Waals surface area contributed by atoms with Gasteiger partial charge in [0.25, 0.3) is 0 Å². The van der Waals surface area contributed by atoms with E-state index in [2.05, 4.69) is 16.0 Å². The number of hydrogen-bond donors (Lipinski definition) is 0. The minimum Gasteiger partial charge on any atom is -0.484 e. The second-order valence-corrected chi connectivity index (χ2v) is 5.61. The summed E-state index contributed by atoms with van der Waals surface area (Å²) in [7, 11) is 0. The van der Waals surface area contributed by atoms with E-state index in [9.17, 15) is 0 Å². The lowest BCUT2D eigenvalue weighted by molar-refractivity contribution is 0.267. The van der Waals surface area contributed by atoms with Crippen LogP contribution < -0.4 is 4.74 Å². The first-order chi connectivity index (χ1) is 11.8. The number of fused-ring (bicyclic) bond motifs is 1. The maximum absolute atomic E-state index is 5.75. The minimum atomic E-state index is 0.302. The first-order valence-corrected chi connectivity index (χ1v) is 7.78. The first kappa shape index (κ1) is 14.5. The van der Waals surface area contributed by atoms with Crippen molar-refractivity contribution in [3.05, 3.63) is 78.3 Å². The maximum Gasteiger partial charge on any atom is 0.233 e. The molecular weight excluding hydrogens is 300 g/mol. The first-order valence-electron chi connectivity index (χ1n) is 7.78. The molecule has 0 fully saturated rings. The van der Waals surface area contributed by atoms with Crippen molar-refractivity contribution < 1.29 is 9.15 Å². The Kier molecular flexibility index (Phi) is 3.71. The molecule has 0 saturated heterocycles. The Bertz CT molecular complexity index is 924. The molecule has 0 radical (unpaired) electrons. The summed E-state index contributed by atoms with van der Waals surface area (Å²) in [5, 5.41) is 0. The molecule has 0 saturated carbocycles. The molecule has 0 aliphatic heterocycles. The lowest BCUT2D eigenvalue weighted by Gasteiger charge is -2.05. The van der Waals surface area contributed by atoms with Gasteiger partial charge in [-0.1, -0.05) is 18.2 Å². The normalized spacial score (nSPS) is 10.9. The Morgan fingerprint density at radius 1 is 0.958 bits per heavy atom. The largest absolute Gasteiger partial charge is 0.484 e. The van der Waals surface area contributed by atoms with Crippen molar-refractivity contribution in [3.8, 4) is 17.0 Å². The van der Waals surface area contributed by atoms with Gasteiger partial charge in [-0.05, 0) is 55.0 Å². The number of aryl methyl sites for hydroxylation is 1. The number of pyridine rings is 1. The van der Waals surface area contributed by atoms with Crippen molar-refractivity contribution in [1.29, 1.82) is 0 Å². The van der Waals surface area contributed by atoms with Crippen LogP contribution in [0.2, 0.25) is 0 Å². The van der Waals surface area contributed by atoms with E-state index in [1.54, 1.807) is 0 Å². The van der Waals surface area contributed by atoms with Crippen LogP contribution in [0.15, 0.2) is 71.3 Å². The average molecular weight is 316 g/mol. The van der Waals surface area contributed by atoms with Gasteiger partial charge in [-0.2, -0.15) is 0 Å². The second-order valence-electron chi connectivity index (χ2n) is 5.61. The number of para-hydroxylation sites is 2. The number of hydrogen-bond acceptors (Lipinski definition) is 4. The van der Waals surface area contributed by atoms with Gasteiger partial charge in [0.2, 0.25) is 5.89 Å². The fourth-order valence-corrected chi connectivity index (χ4v) is 2.49. The number of rotatable bonds is 4.